The van der Waals surface area contributed by atoms with E-state index in [1.165, 1.54) is 23.3 Å². The van der Waals surface area contributed by atoms with Crippen LogP contribution in [0.5, 0.6) is 0 Å². The summed E-state index contributed by atoms with van der Waals surface area (Å²) in [7, 11) is 2.17. The molecule has 0 saturated carbocycles. The van der Waals surface area contributed by atoms with E-state index in [-0.39, 0.29) is 5.82 Å². The van der Waals surface area contributed by atoms with E-state index in [2.05, 4.69) is 72.9 Å². The molecule has 0 aliphatic carbocycles. The van der Waals surface area contributed by atoms with Gasteiger partial charge in [-0.05, 0) is 57.1 Å². The molecule has 0 atom stereocenters. The van der Waals surface area contributed by atoms with E-state index in [4.69, 9.17) is 5.10 Å². The van der Waals surface area contributed by atoms with Gasteiger partial charge in [0.25, 0.3) is 0 Å². The molecule has 5 nitrogen and oxygen atoms in total. The van der Waals surface area contributed by atoms with Gasteiger partial charge in [0.15, 0.2) is 0 Å². The second-order valence-corrected chi connectivity index (χ2v) is 9.27. The average Bonchev–Trinajstić information content (AvgIpc) is 3.18. The zero-order valence-corrected chi connectivity index (χ0v) is 20.3. The zero-order valence-electron chi connectivity index (χ0n) is 20.3. The monoisotopic (exact) mass is 449 g/mol. The quantitative estimate of drug-likeness (QED) is 0.497. The summed E-state index contributed by atoms with van der Waals surface area (Å²) in [4.78, 5) is 7.34. The lowest BCUT2D eigenvalue weighted by molar-refractivity contribution is 0.203. The lowest BCUT2D eigenvalue weighted by Gasteiger charge is -2.35. The molecule has 2 heterocycles. The third-order valence-electron chi connectivity index (χ3n) is 6.57. The molecule has 1 saturated heterocycles. The topological polar surface area (TPSA) is 27.5 Å². The normalized spacial score (nSPS) is 15.1. The second kappa shape index (κ2) is 10.5. The van der Waals surface area contributed by atoms with Crippen molar-refractivity contribution in [3.8, 4) is 5.69 Å². The summed E-state index contributed by atoms with van der Waals surface area (Å²) in [6, 6.07) is 17.8. The van der Waals surface area contributed by atoms with E-state index in [0.29, 0.717) is 6.04 Å². The molecule has 0 radical (unpaired) electrons. The average molecular weight is 450 g/mol. The van der Waals surface area contributed by atoms with Crippen molar-refractivity contribution in [1.82, 2.24) is 19.6 Å². The second-order valence-electron chi connectivity index (χ2n) is 9.27. The Morgan fingerprint density at radius 1 is 0.939 bits per heavy atom. The van der Waals surface area contributed by atoms with Crippen LogP contribution in [0.3, 0.4) is 0 Å². The van der Waals surface area contributed by atoms with Crippen LogP contribution in [0, 0.1) is 5.82 Å². The smallest absolute Gasteiger partial charge is 0.137 e. The number of aryl methyl sites for hydroxylation is 1. The first-order chi connectivity index (χ1) is 16.0. The van der Waals surface area contributed by atoms with E-state index >= 15 is 0 Å². The van der Waals surface area contributed by atoms with Crippen molar-refractivity contribution in [2.24, 2.45) is 0 Å². The Hall–Kier alpha value is -2.70. The maximum atomic E-state index is 13.7. The van der Waals surface area contributed by atoms with Crippen molar-refractivity contribution in [1.29, 1.82) is 0 Å². The molecule has 1 aliphatic heterocycles. The number of likely N-dealkylation sites (N-methyl/N-ethyl adjacent to an activating group) is 1. The highest BCUT2D eigenvalue weighted by Crippen LogP contribution is 2.31. The summed E-state index contributed by atoms with van der Waals surface area (Å²) < 4.78 is 15.7. The Bertz CT molecular complexity index is 1020. The fraction of sp³-hybridized carbons (Fsp3) is 0.444. The predicted molar refractivity (Wildman–Crippen MR) is 133 cm³/mol. The van der Waals surface area contributed by atoms with Crippen molar-refractivity contribution in [3.63, 3.8) is 0 Å². The molecule has 0 bridgehead atoms. The molecule has 0 amide bonds. The van der Waals surface area contributed by atoms with E-state index < -0.39 is 0 Å². The summed E-state index contributed by atoms with van der Waals surface area (Å²) in [5.74, 6) is 0.933. The lowest BCUT2D eigenvalue weighted by atomic mass is 10.1. The van der Waals surface area contributed by atoms with Gasteiger partial charge >= 0.3 is 0 Å². The molecule has 2 aromatic carbocycles. The third kappa shape index (κ3) is 5.45. The summed E-state index contributed by atoms with van der Waals surface area (Å²) in [6.45, 7) is 12.4. The Balaban J connectivity index is 1.75. The number of hydrogen-bond acceptors (Lipinski definition) is 4. The number of aromatic nitrogens is 2. The molecule has 1 fully saturated rings. The Morgan fingerprint density at radius 2 is 1.61 bits per heavy atom. The molecule has 0 N–H and O–H groups in total. The predicted octanol–water partition coefficient (Wildman–Crippen LogP) is 4.74. The number of piperazine rings is 1. The molecule has 6 heteroatoms. The number of hydrogen-bond donors (Lipinski definition) is 0. The minimum absolute atomic E-state index is 0.225. The number of anilines is 1. The number of rotatable bonds is 8. The van der Waals surface area contributed by atoms with Crippen LogP contribution in [0.1, 0.15) is 37.6 Å². The van der Waals surface area contributed by atoms with Crippen LogP contribution in [0.25, 0.3) is 5.69 Å². The van der Waals surface area contributed by atoms with Crippen molar-refractivity contribution in [2.45, 2.75) is 46.3 Å². The van der Waals surface area contributed by atoms with Crippen LogP contribution in [0.2, 0.25) is 0 Å². The fourth-order valence-corrected chi connectivity index (χ4v) is 4.48. The molecule has 4 rings (SSSR count). The highest BCUT2D eigenvalue weighted by atomic mass is 19.1. The van der Waals surface area contributed by atoms with Gasteiger partial charge in [-0.25, -0.2) is 9.07 Å². The fourth-order valence-electron chi connectivity index (χ4n) is 4.48. The molecule has 33 heavy (non-hydrogen) atoms. The van der Waals surface area contributed by atoms with Gasteiger partial charge in [0.05, 0.1) is 11.4 Å². The molecular formula is C27H36FN5. The van der Waals surface area contributed by atoms with Crippen LogP contribution in [-0.4, -0.2) is 58.8 Å². The molecule has 0 unspecified atom stereocenters. The van der Waals surface area contributed by atoms with E-state index in [9.17, 15) is 4.39 Å². The van der Waals surface area contributed by atoms with Crippen LogP contribution in [-0.2, 0) is 19.5 Å². The van der Waals surface area contributed by atoms with Gasteiger partial charge in [0, 0.05) is 50.9 Å². The summed E-state index contributed by atoms with van der Waals surface area (Å²) in [5, 5.41) is 5.05. The van der Waals surface area contributed by atoms with Crippen LogP contribution in [0.15, 0.2) is 54.6 Å². The first-order valence-corrected chi connectivity index (χ1v) is 12.0. The number of nitrogens with zero attached hydrogens (tertiary/aromatic N) is 5. The van der Waals surface area contributed by atoms with Gasteiger partial charge in [-0.2, -0.15) is 5.10 Å². The standard InChI is InChI=1S/C27H36FN5/c1-5-26-25(20-32(21(2)3)19-22-9-7-6-8-10-22)27(31-17-15-30(4)16-18-31)33(29-26)24-13-11-23(28)12-14-24/h6-14,21H,5,15-20H2,1-4H3. The minimum Gasteiger partial charge on any atom is -0.354 e. The van der Waals surface area contributed by atoms with E-state index in [1.54, 1.807) is 0 Å². The van der Waals surface area contributed by atoms with Gasteiger partial charge in [-0.15, -0.1) is 0 Å². The largest absolute Gasteiger partial charge is 0.354 e. The van der Waals surface area contributed by atoms with Crippen molar-refractivity contribution in [2.75, 3.05) is 38.1 Å². The zero-order chi connectivity index (χ0) is 23.4. The Kier molecular flexibility index (Phi) is 7.46. The van der Waals surface area contributed by atoms with Crippen molar-refractivity contribution < 1.29 is 4.39 Å². The molecular weight excluding hydrogens is 413 g/mol. The highest BCUT2D eigenvalue weighted by Gasteiger charge is 2.27. The van der Waals surface area contributed by atoms with E-state index in [1.807, 2.05) is 16.8 Å². The number of halogens is 1. The van der Waals surface area contributed by atoms with Crippen LogP contribution in [0.4, 0.5) is 10.2 Å². The van der Waals surface area contributed by atoms with E-state index in [0.717, 1.165) is 62.9 Å². The van der Waals surface area contributed by atoms with Gasteiger partial charge in [-0.1, -0.05) is 37.3 Å². The van der Waals surface area contributed by atoms with Gasteiger partial charge in [0.1, 0.15) is 11.6 Å². The van der Waals surface area contributed by atoms with Crippen LogP contribution < -0.4 is 4.90 Å². The maximum absolute atomic E-state index is 13.7. The van der Waals surface area contributed by atoms with Gasteiger partial charge in [0.2, 0.25) is 0 Å². The summed E-state index contributed by atoms with van der Waals surface area (Å²) >= 11 is 0. The first-order valence-electron chi connectivity index (χ1n) is 12.0. The maximum Gasteiger partial charge on any atom is 0.137 e. The molecule has 0 spiro atoms. The Morgan fingerprint density at radius 3 is 2.21 bits per heavy atom. The highest BCUT2D eigenvalue weighted by molar-refractivity contribution is 5.56. The van der Waals surface area contributed by atoms with Crippen molar-refractivity contribution >= 4 is 5.82 Å². The number of benzene rings is 2. The van der Waals surface area contributed by atoms with Crippen molar-refractivity contribution in [3.05, 3.63) is 77.2 Å². The summed E-state index contributed by atoms with van der Waals surface area (Å²) in [6.07, 6.45) is 0.863. The van der Waals surface area contributed by atoms with Crippen LogP contribution >= 0.6 is 0 Å². The third-order valence-corrected chi connectivity index (χ3v) is 6.57. The summed E-state index contributed by atoms with van der Waals surface area (Å²) in [5.41, 5.74) is 4.63. The molecule has 3 aromatic rings. The Labute approximate surface area is 197 Å². The minimum atomic E-state index is -0.225. The van der Waals surface area contributed by atoms with Gasteiger partial charge < -0.3 is 9.80 Å². The molecule has 1 aromatic heterocycles. The molecule has 176 valence electrons. The SMILES string of the molecule is CCc1nn(-c2ccc(F)cc2)c(N2CCN(C)CC2)c1CN(Cc1ccccc1)C(C)C. The lowest BCUT2D eigenvalue weighted by Crippen LogP contribution is -2.45. The first kappa shape index (κ1) is 23.5. The molecule has 1 aliphatic rings. The van der Waals surface area contributed by atoms with Gasteiger partial charge in [-0.3, -0.25) is 4.90 Å².